The topological polar surface area (TPSA) is 42.4 Å². The van der Waals surface area contributed by atoms with Gasteiger partial charge in [0.2, 0.25) is 0 Å². The average molecular weight is 297 g/mol. The third kappa shape index (κ3) is 4.76. The van der Waals surface area contributed by atoms with Crippen LogP contribution in [0, 0.1) is 0 Å². The van der Waals surface area contributed by atoms with E-state index < -0.39 is 6.10 Å². The summed E-state index contributed by atoms with van der Waals surface area (Å²) in [5.74, 6) is 0.631. The fraction of sp³-hybridized carbons (Fsp3) is 0.500. The number of unbranched alkanes of at least 4 members (excludes halogenated alkanes) is 1. The highest BCUT2D eigenvalue weighted by atomic mass is 32.2. The number of hydrogen-bond donors (Lipinski definition) is 1. The number of aliphatic hydroxyl groups is 1. The van der Waals surface area contributed by atoms with E-state index in [4.69, 9.17) is 4.74 Å². The summed E-state index contributed by atoms with van der Waals surface area (Å²) in [6.45, 7) is 3.28. The molecular weight excluding hydrogens is 278 g/mol. The maximum atomic E-state index is 9.82. The molecule has 1 atom stereocenters. The van der Waals surface area contributed by atoms with Gasteiger partial charge >= 0.3 is 0 Å². The van der Waals surface area contributed by atoms with Crippen molar-refractivity contribution in [3.05, 3.63) is 24.3 Å². The van der Waals surface area contributed by atoms with Gasteiger partial charge in [0.1, 0.15) is 0 Å². The Morgan fingerprint density at radius 3 is 3.05 bits per heavy atom. The van der Waals surface area contributed by atoms with Crippen LogP contribution < -0.4 is 0 Å². The quantitative estimate of drug-likeness (QED) is 0.597. The zero-order chi connectivity index (χ0) is 13.5. The number of hydrogen-bond acceptors (Lipinski definition) is 5. The Morgan fingerprint density at radius 2 is 2.26 bits per heavy atom. The van der Waals surface area contributed by atoms with Crippen molar-refractivity contribution < 1.29 is 9.84 Å². The van der Waals surface area contributed by atoms with Gasteiger partial charge in [-0.1, -0.05) is 37.2 Å². The SMILES string of the molecule is CCCCOCC(O)CSc1nc2ccccc2s1. The van der Waals surface area contributed by atoms with Gasteiger partial charge in [0.05, 0.1) is 22.9 Å². The fourth-order valence-corrected chi connectivity index (χ4v) is 3.59. The first-order valence-corrected chi connectivity index (χ1v) is 8.34. The van der Waals surface area contributed by atoms with Crippen LogP contribution in [-0.4, -0.2) is 35.2 Å². The summed E-state index contributed by atoms with van der Waals surface area (Å²) < 4.78 is 7.60. The molecule has 5 heteroatoms. The molecule has 0 aliphatic rings. The van der Waals surface area contributed by atoms with E-state index in [0.29, 0.717) is 12.4 Å². The van der Waals surface area contributed by atoms with Crippen LogP contribution in [0.4, 0.5) is 0 Å². The number of rotatable bonds is 8. The molecule has 3 nitrogen and oxygen atoms in total. The average Bonchev–Trinajstić information content (AvgIpc) is 2.84. The lowest BCUT2D eigenvalue weighted by Gasteiger charge is -2.09. The van der Waals surface area contributed by atoms with E-state index in [0.717, 1.165) is 29.3 Å². The Morgan fingerprint density at radius 1 is 1.42 bits per heavy atom. The molecule has 0 radical (unpaired) electrons. The molecule has 19 heavy (non-hydrogen) atoms. The Labute approximate surface area is 122 Å². The van der Waals surface area contributed by atoms with E-state index in [1.54, 1.807) is 23.1 Å². The number of ether oxygens (including phenoxy) is 1. The predicted molar refractivity (Wildman–Crippen MR) is 82.1 cm³/mol. The number of aromatic nitrogens is 1. The minimum atomic E-state index is -0.422. The number of benzene rings is 1. The maximum Gasteiger partial charge on any atom is 0.151 e. The molecule has 1 N–H and O–H groups in total. The molecule has 1 heterocycles. The lowest BCUT2D eigenvalue weighted by Crippen LogP contribution is -2.18. The summed E-state index contributed by atoms with van der Waals surface area (Å²) in [4.78, 5) is 4.52. The Hall–Kier alpha value is -0.620. The molecule has 1 aromatic heterocycles. The van der Waals surface area contributed by atoms with Gasteiger partial charge in [0.25, 0.3) is 0 Å². The van der Waals surface area contributed by atoms with Crippen molar-refractivity contribution in [2.75, 3.05) is 19.0 Å². The molecule has 104 valence electrons. The predicted octanol–water partition coefficient (Wildman–Crippen LogP) is 3.57. The first-order valence-electron chi connectivity index (χ1n) is 6.53. The Balaban J connectivity index is 1.75. The second kappa shape index (κ2) is 7.85. The number of thioether (sulfide) groups is 1. The van der Waals surface area contributed by atoms with Crippen molar-refractivity contribution in [2.45, 2.75) is 30.2 Å². The number of fused-ring (bicyclic) bond motifs is 1. The number of thiazole rings is 1. The van der Waals surface area contributed by atoms with Crippen LogP contribution in [0.25, 0.3) is 10.2 Å². The van der Waals surface area contributed by atoms with Crippen LogP contribution in [0.5, 0.6) is 0 Å². The summed E-state index contributed by atoms with van der Waals surface area (Å²) in [5, 5.41) is 9.82. The molecule has 0 amide bonds. The van der Waals surface area contributed by atoms with Gasteiger partial charge in [0, 0.05) is 12.4 Å². The molecule has 1 unspecified atom stereocenters. The van der Waals surface area contributed by atoms with Crippen molar-refractivity contribution in [1.82, 2.24) is 4.98 Å². The summed E-state index contributed by atoms with van der Waals surface area (Å²) in [7, 11) is 0. The van der Waals surface area contributed by atoms with Gasteiger partial charge in [-0.15, -0.1) is 11.3 Å². The van der Waals surface area contributed by atoms with Crippen LogP contribution in [0.1, 0.15) is 19.8 Å². The van der Waals surface area contributed by atoms with E-state index in [-0.39, 0.29) is 0 Å². The zero-order valence-corrected chi connectivity index (χ0v) is 12.7. The van der Waals surface area contributed by atoms with Gasteiger partial charge in [-0.3, -0.25) is 0 Å². The van der Waals surface area contributed by atoms with E-state index >= 15 is 0 Å². The molecule has 2 aromatic rings. The molecule has 0 aliphatic heterocycles. The van der Waals surface area contributed by atoms with Crippen molar-refractivity contribution >= 4 is 33.3 Å². The normalized spacial score (nSPS) is 12.9. The monoisotopic (exact) mass is 297 g/mol. The Bertz CT molecular complexity index is 468. The summed E-state index contributed by atoms with van der Waals surface area (Å²) in [5.41, 5.74) is 1.03. The number of aliphatic hydroxyl groups excluding tert-OH is 1. The highest BCUT2D eigenvalue weighted by Crippen LogP contribution is 2.29. The highest BCUT2D eigenvalue weighted by molar-refractivity contribution is 8.01. The van der Waals surface area contributed by atoms with Crippen LogP contribution in [0.3, 0.4) is 0 Å². The first kappa shape index (κ1) is 14.8. The Kier molecular flexibility index (Phi) is 6.10. The molecule has 0 saturated heterocycles. The van der Waals surface area contributed by atoms with Crippen molar-refractivity contribution in [1.29, 1.82) is 0 Å². The first-order chi connectivity index (χ1) is 9.29. The third-order valence-electron chi connectivity index (χ3n) is 2.63. The van der Waals surface area contributed by atoms with Gasteiger partial charge in [-0.2, -0.15) is 0 Å². The summed E-state index contributed by atoms with van der Waals surface area (Å²) in [6.07, 6.45) is 1.75. The third-order valence-corrected chi connectivity index (χ3v) is 4.95. The van der Waals surface area contributed by atoms with Crippen LogP contribution in [0.2, 0.25) is 0 Å². The zero-order valence-electron chi connectivity index (χ0n) is 11.0. The van der Waals surface area contributed by atoms with Gasteiger partial charge in [-0.25, -0.2) is 4.98 Å². The lowest BCUT2D eigenvalue weighted by atomic mass is 10.3. The van der Waals surface area contributed by atoms with Crippen LogP contribution >= 0.6 is 23.1 Å². The summed E-state index contributed by atoms with van der Waals surface area (Å²) >= 11 is 3.27. The van der Waals surface area contributed by atoms with Crippen molar-refractivity contribution in [3.63, 3.8) is 0 Å². The van der Waals surface area contributed by atoms with E-state index in [1.165, 1.54) is 4.70 Å². The molecule has 1 aromatic carbocycles. The van der Waals surface area contributed by atoms with E-state index in [9.17, 15) is 5.11 Å². The molecule has 2 rings (SSSR count). The fourth-order valence-electron chi connectivity index (χ4n) is 1.59. The lowest BCUT2D eigenvalue weighted by molar-refractivity contribution is 0.0473. The van der Waals surface area contributed by atoms with Gasteiger partial charge < -0.3 is 9.84 Å². The van der Waals surface area contributed by atoms with Crippen molar-refractivity contribution in [2.24, 2.45) is 0 Å². The molecular formula is C14H19NO2S2. The minimum absolute atomic E-state index is 0.415. The second-order valence-corrected chi connectivity index (χ2v) is 6.64. The highest BCUT2D eigenvalue weighted by Gasteiger charge is 2.08. The summed E-state index contributed by atoms with van der Waals surface area (Å²) in [6, 6.07) is 8.10. The number of nitrogens with zero attached hydrogens (tertiary/aromatic N) is 1. The van der Waals surface area contributed by atoms with Gasteiger partial charge in [-0.05, 0) is 18.6 Å². The molecule has 0 bridgehead atoms. The van der Waals surface area contributed by atoms with Crippen LogP contribution in [0.15, 0.2) is 28.6 Å². The second-order valence-electron chi connectivity index (χ2n) is 4.34. The standard InChI is InChI=1S/C14H19NO2S2/c1-2-3-8-17-9-11(16)10-18-14-15-12-6-4-5-7-13(12)19-14/h4-7,11,16H,2-3,8-10H2,1H3. The molecule has 0 fully saturated rings. The van der Waals surface area contributed by atoms with Crippen LogP contribution in [-0.2, 0) is 4.74 Å². The van der Waals surface area contributed by atoms with Crippen molar-refractivity contribution in [3.8, 4) is 0 Å². The van der Waals surface area contributed by atoms with E-state index in [1.807, 2.05) is 18.2 Å². The minimum Gasteiger partial charge on any atom is -0.390 e. The molecule has 0 saturated carbocycles. The molecule has 0 spiro atoms. The largest absolute Gasteiger partial charge is 0.390 e. The number of para-hydroxylation sites is 1. The van der Waals surface area contributed by atoms with E-state index in [2.05, 4.69) is 18.0 Å². The van der Waals surface area contributed by atoms with Gasteiger partial charge in [0.15, 0.2) is 4.34 Å². The molecule has 0 aliphatic carbocycles. The maximum absolute atomic E-state index is 9.82. The smallest absolute Gasteiger partial charge is 0.151 e.